The fourth-order valence-corrected chi connectivity index (χ4v) is 3.54. The van der Waals surface area contributed by atoms with E-state index in [4.69, 9.17) is 11.6 Å². The number of benzene rings is 2. The minimum absolute atomic E-state index is 0.302. The molecule has 0 aliphatic rings. The summed E-state index contributed by atoms with van der Waals surface area (Å²) in [6.45, 7) is 2.96. The second kappa shape index (κ2) is 6.56. The van der Waals surface area contributed by atoms with Crippen molar-refractivity contribution in [3.63, 3.8) is 0 Å². The molecule has 3 rings (SSSR count). The van der Waals surface area contributed by atoms with E-state index in [0.717, 1.165) is 28.5 Å². The van der Waals surface area contributed by atoms with E-state index in [0.29, 0.717) is 6.04 Å². The van der Waals surface area contributed by atoms with Crippen molar-refractivity contribution in [3.05, 3.63) is 64.1 Å². The Balaban J connectivity index is 1.73. The first-order chi connectivity index (χ1) is 10.3. The van der Waals surface area contributed by atoms with Crippen LogP contribution in [0.15, 0.2) is 48.5 Å². The summed E-state index contributed by atoms with van der Waals surface area (Å²) in [5.41, 5.74) is 2.31. The van der Waals surface area contributed by atoms with Crippen LogP contribution in [0.4, 0.5) is 0 Å². The van der Waals surface area contributed by atoms with Crippen molar-refractivity contribution in [1.82, 2.24) is 10.3 Å². The Morgan fingerprint density at radius 2 is 2.05 bits per heavy atom. The summed E-state index contributed by atoms with van der Waals surface area (Å²) in [7, 11) is 0. The van der Waals surface area contributed by atoms with Crippen LogP contribution < -0.4 is 5.32 Å². The number of hydrogen-bond acceptors (Lipinski definition) is 3. The molecule has 0 radical (unpaired) electrons. The van der Waals surface area contributed by atoms with Gasteiger partial charge in [-0.05, 0) is 36.2 Å². The van der Waals surface area contributed by atoms with Gasteiger partial charge in [0, 0.05) is 17.6 Å². The molecule has 0 aliphatic carbocycles. The molecule has 0 aliphatic heterocycles. The summed E-state index contributed by atoms with van der Waals surface area (Å²) < 4.78 is 1.24. The summed E-state index contributed by atoms with van der Waals surface area (Å²) in [6, 6.07) is 16.6. The molecule has 0 fully saturated rings. The van der Waals surface area contributed by atoms with Gasteiger partial charge < -0.3 is 5.32 Å². The molecule has 108 valence electrons. The Kier molecular flexibility index (Phi) is 4.54. The molecule has 2 aromatic carbocycles. The maximum Gasteiger partial charge on any atom is 0.108 e. The van der Waals surface area contributed by atoms with Gasteiger partial charge in [-0.15, -0.1) is 11.3 Å². The highest BCUT2D eigenvalue weighted by Crippen LogP contribution is 2.24. The fraction of sp³-hybridized carbons (Fsp3) is 0.235. The Morgan fingerprint density at radius 1 is 1.19 bits per heavy atom. The highest BCUT2D eigenvalue weighted by Gasteiger charge is 2.10. The van der Waals surface area contributed by atoms with Crippen molar-refractivity contribution in [1.29, 1.82) is 0 Å². The highest BCUT2D eigenvalue weighted by atomic mass is 35.5. The molecular weight excluding hydrogens is 300 g/mol. The monoisotopic (exact) mass is 316 g/mol. The van der Waals surface area contributed by atoms with Gasteiger partial charge in [-0.2, -0.15) is 0 Å². The Labute approximate surface area is 133 Å². The number of nitrogens with one attached hydrogen (secondary N) is 1. The highest BCUT2D eigenvalue weighted by molar-refractivity contribution is 7.18. The molecular formula is C17H17ClN2S. The molecule has 2 nitrogen and oxygen atoms in total. The number of hydrogen-bond donors (Lipinski definition) is 1. The van der Waals surface area contributed by atoms with Crippen molar-refractivity contribution in [2.45, 2.75) is 25.9 Å². The molecule has 0 saturated heterocycles. The third kappa shape index (κ3) is 3.43. The molecule has 1 heterocycles. The van der Waals surface area contributed by atoms with E-state index in [9.17, 15) is 0 Å². The van der Waals surface area contributed by atoms with E-state index in [1.165, 1.54) is 10.3 Å². The van der Waals surface area contributed by atoms with E-state index in [1.807, 2.05) is 24.3 Å². The lowest BCUT2D eigenvalue weighted by Crippen LogP contribution is -2.20. The van der Waals surface area contributed by atoms with Crippen LogP contribution in [0, 0.1) is 0 Å². The lowest BCUT2D eigenvalue weighted by Gasteiger charge is -2.16. The normalized spacial score (nSPS) is 12.7. The number of thiazole rings is 1. The Hall–Kier alpha value is -1.42. The molecule has 0 spiro atoms. The molecule has 4 heteroatoms. The number of nitrogens with zero attached hydrogens (tertiary/aromatic N) is 1. The van der Waals surface area contributed by atoms with E-state index >= 15 is 0 Å². The largest absolute Gasteiger partial charge is 0.304 e. The van der Waals surface area contributed by atoms with Crippen molar-refractivity contribution in [2.24, 2.45) is 0 Å². The third-order valence-electron chi connectivity index (χ3n) is 3.50. The van der Waals surface area contributed by atoms with Crippen LogP contribution in [0.1, 0.15) is 30.0 Å². The average molecular weight is 317 g/mol. The molecule has 0 bridgehead atoms. The van der Waals surface area contributed by atoms with Gasteiger partial charge in [0.2, 0.25) is 0 Å². The predicted octanol–water partition coefficient (Wildman–Crippen LogP) is 5.19. The molecule has 1 atom stereocenters. The van der Waals surface area contributed by atoms with Crippen molar-refractivity contribution >= 4 is 33.2 Å². The summed E-state index contributed by atoms with van der Waals surface area (Å²) in [6.07, 6.45) is 1.02. The first-order valence-electron chi connectivity index (χ1n) is 7.09. The van der Waals surface area contributed by atoms with Gasteiger partial charge in [0.1, 0.15) is 5.01 Å². The van der Waals surface area contributed by atoms with E-state index in [2.05, 4.69) is 41.5 Å². The van der Waals surface area contributed by atoms with Crippen LogP contribution in [0.2, 0.25) is 5.02 Å². The van der Waals surface area contributed by atoms with Gasteiger partial charge in [0.15, 0.2) is 0 Å². The van der Waals surface area contributed by atoms with Crippen LogP contribution >= 0.6 is 22.9 Å². The number of halogens is 1. The summed E-state index contributed by atoms with van der Waals surface area (Å²) in [4.78, 5) is 4.66. The van der Waals surface area contributed by atoms with Crippen molar-refractivity contribution < 1.29 is 0 Å². The third-order valence-corrected chi connectivity index (χ3v) is 4.77. The van der Waals surface area contributed by atoms with Crippen molar-refractivity contribution in [3.8, 4) is 0 Å². The second-order valence-corrected chi connectivity index (χ2v) is 6.52. The Bertz CT molecular complexity index is 705. The zero-order valence-electron chi connectivity index (χ0n) is 11.8. The van der Waals surface area contributed by atoms with Gasteiger partial charge in [0.25, 0.3) is 0 Å². The first-order valence-corrected chi connectivity index (χ1v) is 8.29. The quantitative estimate of drug-likeness (QED) is 0.700. The van der Waals surface area contributed by atoms with Crippen LogP contribution in [0.5, 0.6) is 0 Å². The lowest BCUT2D eigenvalue weighted by molar-refractivity contribution is 0.518. The van der Waals surface area contributed by atoms with Gasteiger partial charge in [0.05, 0.1) is 10.2 Å². The molecule has 0 amide bonds. The summed E-state index contributed by atoms with van der Waals surface area (Å²) in [5.74, 6) is 0. The zero-order valence-corrected chi connectivity index (χ0v) is 13.4. The SMILES string of the molecule is CCC(NCc1nc2ccccc2s1)c1cccc(Cl)c1. The number of fused-ring (bicyclic) bond motifs is 1. The van der Waals surface area contributed by atoms with Gasteiger partial charge in [-0.25, -0.2) is 4.98 Å². The average Bonchev–Trinajstić information content (AvgIpc) is 2.91. The first kappa shape index (κ1) is 14.5. The predicted molar refractivity (Wildman–Crippen MR) is 90.9 cm³/mol. The molecule has 1 aromatic heterocycles. The zero-order chi connectivity index (χ0) is 14.7. The maximum absolute atomic E-state index is 6.08. The van der Waals surface area contributed by atoms with Crippen LogP contribution in [-0.2, 0) is 6.54 Å². The minimum Gasteiger partial charge on any atom is -0.304 e. The van der Waals surface area contributed by atoms with Crippen LogP contribution in [0.25, 0.3) is 10.2 Å². The van der Waals surface area contributed by atoms with Crippen LogP contribution in [-0.4, -0.2) is 4.98 Å². The lowest BCUT2D eigenvalue weighted by atomic mass is 10.0. The number of aromatic nitrogens is 1. The van der Waals surface area contributed by atoms with Crippen LogP contribution in [0.3, 0.4) is 0 Å². The molecule has 0 saturated carbocycles. The number of rotatable bonds is 5. The number of para-hydroxylation sites is 1. The van der Waals surface area contributed by atoms with E-state index in [-0.39, 0.29) is 0 Å². The molecule has 21 heavy (non-hydrogen) atoms. The van der Waals surface area contributed by atoms with E-state index < -0.39 is 0 Å². The fourth-order valence-electron chi connectivity index (χ4n) is 2.43. The Morgan fingerprint density at radius 3 is 2.81 bits per heavy atom. The maximum atomic E-state index is 6.08. The molecule has 1 N–H and O–H groups in total. The van der Waals surface area contributed by atoms with Crippen molar-refractivity contribution in [2.75, 3.05) is 0 Å². The molecule has 1 unspecified atom stereocenters. The summed E-state index contributed by atoms with van der Waals surface area (Å²) in [5, 5.41) is 5.49. The van der Waals surface area contributed by atoms with Gasteiger partial charge in [-0.1, -0.05) is 42.8 Å². The topological polar surface area (TPSA) is 24.9 Å². The van der Waals surface area contributed by atoms with Gasteiger partial charge in [-0.3, -0.25) is 0 Å². The smallest absolute Gasteiger partial charge is 0.108 e. The molecule has 3 aromatic rings. The van der Waals surface area contributed by atoms with E-state index in [1.54, 1.807) is 11.3 Å². The second-order valence-electron chi connectivity index (χ2n) is 4.97. The standard InChI is InChI=1S/C17H17ClN2S/c1-2-14(12-6-5-7-13(18)10-12)19-11-17-20-15-8-3-4-9-16(15)21-17/h3-10,14,19H,2,11H2,1H3. The summed E-state index contributed by atoms with van der Waals surface area (Å²) >= 11 is 7.83. The minimum atomic E-state index is 0.302. The van der Waals surface area contributed by atoms with Gasteiger partial charge >= 0.3 is 0 Å².